The highest BCUT2D eigenvalue weighted by Gasteiger charge is 2.74. The third kappa shape index (κ3) is 10.2. The van der Waals surface area contributed by atoms with Crippen molar-refractivity contribution < 1.29 is 118 Å². The largest absolute Gasteiger partial charge is 0.479 e. The van der Waals surface area contributed by atoms with E-state index in [1.807, 2.05) is 27.7 Å². The molecular weight excluding hydrogens is 1060 g/mol. The zero-order valence-electron chi connectivity index (χ0n) is 47.7. The number of rotatable bonds is 14. The summed E-state index contributed by atoms with van der Waals surface area (Å²) in [4.78, 5) is 52.2. The standard InChI is InChI=1S/C56H88O24/c1-12-55(11,80-25(3)60)49(71)79-43-44(73-24(2)59)56(23-58)27(19-50(43,4)5)26-13-14-31-52(8)17-16-33(51(6,7)30(52)15-18-53(31,9)54(26,10)20-32(56)62)75-48-42(78-47-38(67)36(65)35(64)29(21-57)74-47)40(39(68)41(77-48)45(69)70)76-46-37(66)34(63)28(61)22-72-46/h13,27-44,46-48,57-58,61-68H,12,14-23H2,1-11H3,(H,69,70). The maximum atomic E-state index is 14.0. The Balaban J connectivity index is 1.11. The van der Waals surface area contributed by atoms with Crippen molar-refractivity contribution in [2.75, 3.05) is 19.8 Å². The molecule has 0 bridgehead atoms. The van der Waals surface area contributed by atoms with Crippen LogP contribution in [0.3, 0.4) is 0 Å². The number of carbonyl (C=O) groups excluding carboxylic acids is 3. The summed E-state index contributed by atoms with van der Waals surface area (Å²) in [6.07, 6.45) is -24.5. The highest BCUT2D eigenvalue weighted by atomic mass is 16.8. The number of aliphatic carboxylic acids is 1. The average Bonchev–Trinajstić information content (AvgIpc) is 3.51. The molecule has 11 N–H and O–H groups in total. The predicted molar refractivity (Wildman–Crippen MR) is 273 cm³/mol. The molecule has 0 aromatic rings. The van der Waals surface area contributed by atoms with Crippen LogP contribution in [0, 0.1) is 50.2 Å². The van der Waals surface area contributed by atoms with Crippen LogP contribution in [-0.4, -0.2) is 216 Å². The molecule has 26 atom stereocenters. The van der Waals surface area contributed by atoms with Crippen molar-refractivity contribution in [1.29, 1.82) is 0 Å². The fourth-order valence-corrected chi connectivity index (χ4v) is 16.4. The summed E-state index contributed by atoms with van der Waals surface area (Å²) in [5, 5.41) is 121. The van der Waals surface area contributed by atoms with Crippen LogP contribution in [0.1, 0.15) is 128 Å². The number of ether oxygens (including phenoxy) is 9. The van der Waals surface area contributed by atoms with Gasteiger partial charge in [0.1, 0.15) is 73.2 Å². The Hall–Kier alpha value is -3.02. The molecule has 5 aliphatic carbocycles. The molecule has 80 heavy (non-hydrogen) atoms. The number of hydrogen-bond donors (Lipinski definition) is 11. The smallest absolute Gasteiger partial charge is 0.350 e. The number of allylic oxidation sites excluding steroid dienone is 2. The van der Waals surface area contributed by atoms with Gasteiger partial charge in [-0.15, -0.1) is 0 Å². The molecule has 456 valence electrons. The molecular formula is C56H88O24. The van der Waals surface area contributed by atoms with Crippen LogP contribution in [0.4, 0.5) is 0 Å². The molecule has 24 nitrogen and oxygen atoms in total. The molecule has 3 heterocycles. The lowest BCUT2D eigenvalue weighted by atomic mass is 9.33. The third-order valence-corrected chi connectivity index (χ3v) is 21.2. The molecule has 0 aromatic heterocycles. The van der Waals surface area contributed by atoms with E-state index in [2.05, 4.69) is 26.8 Å². The van der Waals surface area contributed by atoms with Crippen LogP contribution >= 0.6 is 0 Å². The van der Waals surface area contributed by atoms with E-state index in [1.165, 1.54) is 20.8 Å². The van der Waals surface area contributed by atoms with Crippen molar-refractivity contribution in [1.82, 2.24) is 0 Å². The van der Waals surface area contributed by atoms with E-state index in [0.717, 1.165) is 5.57 Å². The van der Waals surface area contributed by atoms with Gasteiger partial charge in [0.2, 0.25) is 5.60 Å². The SMILES string of the molecule is CCC(C)(OC(C)=O)C(=O)OC1C(OC(C)=O)C2(CO)C(O)CC3(C)C(=CCC4C5(C)CCC(OC6OC(C(=O)O)C(O)C(OC7OCC(O)C(O)C7O)C6OC6OC(CO)C(O)C(O)C6O)C(C)(C)C5CCC43C)C2CC1(C)C. The minimum atomic E-state index is -2.12. The third-order valence-electron chi connectivity index (χ3n) is 21.2. The van der Waals surface area contributed by atoms with Gasteiger partial charge in [-0.05, 0) is 97.7 Å². The second-order valence-corrected chi connectivity index (χ2v) is 26.5. The van der Waals surface area contributed by atoms with Gasteiger partial charge in [-0.3, -0.25) is 9.59 Å². The van der Waals surface area contributed by atoms with Gasteiger partial charge >= 0.3 is 23.9 Å². The van der Waals surface area contributed by atoms with E-state index in [1.54, 1.807) is 6.92 Å². The second-order valence-electron chi connectivity index (χ2n) is 26.5. The first-order valence-electron chi connectivity index (χ1n) is 28.2. The summed E-state index contributed by atoms with van der Waals surface area (Å²) in [5.74, 6) is -4.53. The maximum absolute atomic E-state index is 14.0. The highest BCUT2D eigenvalue weighted by Crippen LogP contribution is 2.76. The van der Waals surface area contributed by atoms with Crippen LogP contribution in [0.15, 0.2) is 11.6 Å². The van der Waals surface area contributed by atoms with Crippen molar-refractivity contribution in [3.8, 4) is 0 Å². The minimum absolute atomic E-state index is 0.00701. The van der Waals surface area contributed by atoms with Gasteiger partial charge in [0.15, 0.2) is 25.0 Å². The van der Waals surface area contributed by atoms with Gasteiger partial charge in [0.05, 0.1) is 37.4 Å². The number of carbonyl (C=O) groups is 4. The van der Waals surface area contributed by atoms with E-state index >= 15 is 0 Å². The Bertz CT molecular complexity index is 2330. The topological polar surface area (TPSA) is 374 Å². The Morgan fingerprint density at radius 1 is 0.713 bits per heavy atom. The molecule has 8 rings (SSSR count). The molecule has 26 unspecified atom stereocenters. The van der Waals surface area contributed by atoms with Crippen LogP contribution in [0.25, 0.3) is 0 Å². The van der Waals surface area contributed by atoms with Crippen molar-refractivity contribution in [2.24, 2.45) is 50.2 Å². The maximum Gasteiger partial charge on any atom is 0.350 e. The fourth-order valence-electron chi connectivity index (χ4n) is 16.4. The van der Waals surface area contributed by atoms with Gasteiger partial charge in [0, 0.05) is 19.3 Å². The monoisotopic (exact) mass is 1140 g/mol. The predicted octanol–water partition coefficient (Wildman–Crippen LogP) is 0.111. The number of aliphatic hydroxyl groups is 10. The number of fused-ring (bicyclic) bond motifs is 7. The van der Waals surface area contributed by atoms with E-state index in [4.69, 9.17) is 42.6 Å². The number of aliphatic hydroxyl groups excluding tert-OH is 10. The Labute approximate surface area is 465 Å². The normalized spacial score (nSPS) is 48.5. The quantitative estimate of drug-likeness (QED) is 0.0476. The zero-order chi connectivity index (χ0) is 59.4. The molecule has 7 fully saturated rings. The van der Waals surface area contributed by atoms with Crippen molar-refractivity contribution in [2.45, 2.75) is 244 Å². The molecule has 0 spiro atoms. The van der Waals surface area contributed by atoms with Gasteiger partial charge in [-0.2, -0.15) is 0 Å². The first-order valence-corrected chi connectivity index (χ1v) is 28.2. The summed E-state index contributed by atoms with van der Waals surface area (Å²) in [5.41, 5.74) is -5.40. The first-order chi connectivity index (χ1) is 37.1. The Morgan fingerprint density at radius 2 is 1.36 bits per heavy atom. The minimum Gasteiger partial charge on any atom is -0.479 e. The number of carboxylic acids is 1. The number of esters is 3. The summed E-state index contributed by atoms with van der Waals surface area (Å²) in [6.45, 7) is 18.1. The van der Waals surface area contributed by atoms with Crippen LogP contribution in [-0.2, 0) is 61.8 Å². The van der Waals surface area contributed by atoms with Crippen molar-refractivity contribution >= 4 is 23.9 Å². The van der Waals surface area contributed by atoms with Gasteiger partial charge in [-0.1, -0.05) is 67.0 Å². The van der Waals surface area contributed by atoms with Gasteiger partial charge in [-0.25, -0.2) is 9.59 Å². The van der Waals surface area contributed by atoms with Crippen LogP contribution in [0.2, 0.25) is 0 Å². The molecule has 8 aliphatic rings. The Morgan fingerprint density at radius 3 is 1.96 bits per heavy atom. The molecule has 3 aliphatic heterocycles. The van der Waals surface area contributed by atoms with E-state index < -0.39 is 198 Å². The zero-order valence-corrected chi connectivity index (χ0v) is 47.7. The molecule has 3 saturated heterocycles. The summed E-state index contributed by atoms with van der Waals surface area (Å²) >= 11 is 0. The summed E-state index contributed by atoms with van der Waals surface area (Å²) in [7, 11) is 0. The number of carboxylic acid groups (broad SMARTS) is 1. The van der Waals surface area contributed by atoms with Gasteiger partial charge in [0.25, 0.3) is 0 Å². The molecule has 0 aromatic carbocycles. The summed E-state index contributed by atoms with van der Waals surface area (Å²) in [6, 6.07) is 0. The molecule has 24 heteroatoms. The lowest BCUT2D eigenvalue weighted by Crippen LogP contribution is -2.72. The van der Waals surface area contributed by atoms with Crippen molar-refractivity contribution in [3.63, 3.8) is 0 Å². The number of hydrogen-bond acceptors (Lipinski definition) is 23. The fraction of sp³-hybridized carbons (Fsp3) is 0.893. The van der Waals surface area contributed by atoms with E-state index in [0.29, 0.717) is 38.5 Å². The summed E-state index contributed by atoms with van der Waals surface area (Å²) < 4.78 is 54.3. The average molecular weight is 1150 g/mol. The molecule has 0 amide bonds. The highest BCUT2D eigenvalue weighted by molar-refractivity contribution is 5.82. The lowest BCUT2D eigenvalue weighted by Gasteiger charge is -2.72. The van der Waals surface area contributed by atoms with Crippen LogP contribution in [0.5, 0.6) is 0 Å². The Kier molecular flexibility index (Phi) is 17.7. The molecule has 4 saturated carbocycles. The molecule has 0 radical (unpaired) electrons. The first kappa shape index (κ1) is 63.0. The van der Waals surface area contributed by atoms with Crippen LogP contribution < -0.4 is 0 Å². The van der Waals surface area contributed by atoms with Crippen molar-refractivity contribution in [3.05, 3.63) is 11.6 Å². The van der Waals surface area contributed by atoms with Gasteiger partial charge < -0.3 is 98.8 Å². The van der Waals surface area contributed by atoms with E-state index in [-0.39, 0.29) is 24.7 Å². The van der Waals surface area contributed by atoms with E-state index in [9.17, 15) is 75.3 Å². The lowest BCUT2D eigenvalue weighted by molar-refractivity contribution is -0.392. The second kappa shape index (κ2) is 22.4.